The number of aryl methyl sites for hydroxylation is 1. The number of methoxy groups -OCH3 is 1. The van der Waals surface area contributed by atoms with E-state index in [0.29, 0.717) is 12.2 Å². The molecule has 3 aromatic rings. The molecule has 3 rings (SSSR count). The van der Waals surface area contributed by atoms with E-state index >= 15 is 0 Å². The number of rotatable bonds is 8. The van der Waals surface area contributed by atoms with Gasteiger partial charge in [0.25, 0.3) is 5.91 Å². The van der Waals surface area contributed by atoms with Crippen LogP contribution in [0.15, 0.2) is 53.9 Å². The zero-order valence-corrected chi connectivity index (χ0v) is 17.1. The minimum atomic E-state index is -0.481. The summed E-state index contributed by atoms with van der Waals surface area (Å²) in [5, 5.41) is 5.40. The number of nitrogens with zero attached hydrogens (tertiary/aromatic N) is 1. The van der Waals surface area contributed by atoms with E-state index in [4.69, 9.17) is 9.47 Å². The van der Waals surface area contributed by atoms with Crippen LogP contribution in [0.4, 0.5) is 0 Å². The van der Waals surface area contributed by atoms with E-state index in [2.05, 4.69) is 10.3 Å². The molecule has 0 aliphatic rings. The summed E-state index contributed by atoms with van der Waals surface area (Å²) in [5.74, 6) is -0.0836. The number of carbonyl (C=O) groups excluding carboxylic acids is 2. The van der Waals surface area contributed by atoms with E-state index in [-0.39, 0.29) is 18.9 Å². The maximum absolute atomic E-state index is 12.0. The number of ether oxygens (including phenoxy) is 2. The highest BCUT2D eigenvalue weighted by atomic mass is 32.1. The van der Waals surface area contributed by atoms with Crippen molar-refractivity contribution in [1.82, 2.24) is 10.3 Å². The zero-order chi connectivity index (χ0) is 20.6. The molecule has 0 fully saturated rings. The molecule has 0 spiro atoms. The van der Waals surface area contributed by atoms with Crippen LogP contribution in [0.1, 0.15) is 16.8 Å². The third-order valence-corrected chi connectivity index (χ3v) is 5.13. The lowest BCUT2D eigenvalue weighted by atomic mass is 10.2. The van der Waals surface area contributed by atoms with Gasteiger partial charge in [-0.3, -0.25) is 9.59 Å². The summed E-state index contributed by atoms with van der Waals surface area (Å²) < 4.78 is 10.1. The van der Waals surface area contributed by atoms with Crippen molar-refractivity contribution >= 4 is 23.2 Å². The van der Waals surface area contributed by atoms with Crippen molar-refractivity contribution in [2.45, 2.75) is 19.9 Å². The Labute approximate surface area is 173 Å². The Morgan fingerprint density at radius 2 is 1.79 bits per heavy atom. The van der Waals surface area contributed by atoms with Gasteiger partial charge >= 0.3 is 5.97 Å². The quantitative estimate of drug-likeness (QED) is 0.575. The smallest absolute Gasteiger partial charge is 0.312 e. The minimum Gasteiger partial charge on any atom is -0.497 e. The van der Waals surface area contributed by atoms with E-state index in [1.165, 1.54) is 16.9 Å². The fraction of sp³-hybridized carbons (Fsp3) is 0.227. The molecule has 0 radical (unpaired) electrons. The molecule has 0 atom stereocenters. The number of nitrogens with one attached hydrogen (secondary N) is 1. The Morgan fingerprint density at radius 1 is 1.07 bits per heavy atom. The maximum atomic E-state index is 12.0. The monoisotopic (exact) mass is 410 g/mol. The molecule has 6 nitrogen and oxygen atoms in total. The first kappa shape index (κ1) is 20.5. The Bertz CT molecular complexity index is 965. The minimum absolute atomic E-state index is 0.0358. The standard InChI is InChI=1S/C22H22N2O4S/c1-15-3-7-17(8-4-15)22-24-18(14-29-22)11-21(26)28-13-20(25)23-12-16-5-9-19(27-2)10-6-16/h3-10,14H,11-13H2,1-2H3,(H,23,25). The van der Waals surface area contributed by atoms with Gasteiger partial charge in [-0.1, -0.05) is 42.0 Å². The molecule has 1 amide bonds. The van der Waals surface area contributed by atoms with Crippen molar-refractivity contribution in [2.75, 3.05) is 13.7 Å². The number of hydrogen-bond acceptors (Lipinski definition) is 6. The van der Waals surface area contributed by atoms with Gasteiger partial charge in [0.1, 0.15) is 10.8 Å². The number of amides is 1. The molecule has 0 saturated heterocycles. The normalized spacial score (nSPS) is 10.4. The average Bonchev–Trinajstić information content (AvgIpc) is 3.20. The summed E-state index contributed by atoms with van der Waals surface area (Å²) in [6.45, 7) is 2.07. The van der Waals surface area contributed by atoms with Gasteiger partial charge in [0.2, 0.25) is 0 Å². The second-order valence-electron chi connectivity index (χ2n) is 6.47. The van der Waals surface area contributed by atoms with Gasteiger partial charge in [-0.15, -0.1) is 11.3 Å². The molecule has 1 aromatic heterocycles. The van der Waals surface area contributed by atoms with Gasteiger partial charge in [-0.25, -0.2) is 4.98 Å². The number of hydrogen-bond donors (Lipinski definition) is 1. The van der Waals surface area contributed by atoms with E-state index in [9.17, 15) is 9.59 Å². The fourth-order valence-electron chi connectivity index (χ4n) is 2.56. The molecule has 7 heteroatoms. The van der Waals surface area contributed by atoms with E-state index in [1.54, 1.807) is 7.11 Å². The average molecular weight is 410 g/mol. The largest absolute Gasteiger partial charge is 0.497 e. The van der Waals surface area contributed by atoms with Crippen LogP contribution in [0.5, 0.6) is 5.75 Å². The van der Waals surface area contributed by atoms with Crippen LogP contribution in [-0.4, -0.2) is 30.6 Å². The number of carbonyl (C=O) groups is 2. The molecule has 1 N–H and O–H groups in total. The summed E-state index contributed by atoms with van der Waals surface area (Å²) in [5.41, 5.74) is 3.75. The van der Waals surface area contributed by atoms with E-state index in [1.807, 2.05) is 60.8 Å². The first-order valence-corrected chi connectivity index (χ1v) is 9.98. The first-order valence-electron chi connectivity index (χ1n) is 9.10. The Balaban J connectivity index is 1.42. The lowest BCUT2D eigenvalue weighted by Crippen LogP contribution is -2.28. The van der Waals surface area contributed by atoms with Crippen molar-refractivity contribution in [3.63, 3.8) is 0 Å². The van der Waals surface area contributed by atoms with Gasteiger partial charge in [-0.05, 0) is 24.6 Å². The molecule has 1 heterocycles. The van der Waals surface area contributed by atoms with Gasteiger partial charge in [0.05, 0.1) is 19.2 Å². The summed E-state index contributed by atoms with van der Waals surface area (Å²) in [6, 6.07) is 15.4. The van der Waals surface area contributed by atoms with Gasteiger partial charge in [0, 0.05) is 17.5 Å². The molecule has 2 aromatic carbocycles. The summed E-state index contributed by atoms with van der Waals surface area (Å²) >= 11 is 1.48. The number of thiazole rings is 1. The molecule has 150 valence electrons. The Hall–Kier alpha value is -3.19. The summed E-state index contributed by atoms with van der Waals surface area (Å²) in [6.07, 6.45) is 0.0358. The third kappa shape index (κ3) is 6.15. The van der Waals surface area contributed by atoms with Crippen molar-refractivity contribution in [3.05, 3.63) is 70.7 Å². The van der Waals surface area contributed by atoms with Crippen molar-refractivity contribution in [2.24, 2.45) is 0 Å². The van der Waals surface area contributed by atoms with E-state index in [0.717, 1.165) is 21.9 Å². The first-order chi connectivity index (χ1) is 14.0. The third-order valence-electron chi connectivity index (χ3n) is 4.19. The van der Waals surface area contributed by atoms with Crippen molar-refractivity contribution in [3.8, 4) is 16.3 Å². The second-order valence-corrected chi connectivity index (χ2v) is 7.33. The zero-order valence-electron chi connectivity index (χ0n) is 16.3. The molecular weight excluding hydrogens is 388 g/mol. The van der Waals surface area contributed by atoms with Crippen LogP contribution in [0.2, 0.25) is 0 Å². The number of esters is 1. The fourth-order valence-corrected chi connectivity index (χ4v) is 3.38. The summed E-state index contributed by atoms with van der Waals surface area (Å²) in [7, 11) is 1.60. The number of aromatic nitrogens is 1. The second kappa shape index (κ2) is 9.84. The molecule has 0 aliphatic carbocycles. The van der Waals surface area contributed by atoms with Crippen LogP contribution >= 0.6 is 11.3 Å². The molecule has 0 aliphatic heterocycles. The van der Waals surface area contributed by atoms with Gasteiger partial charge < -0.3 is 14.8 Å². The van der Waals surface area contributed by atoms with E-state index < -0.39 is 5.97 Å². The highest BCUT2D eigenvalue weighted by Gasteiger charge is 2.12. The van der Waals surface area contributed by atoms with Crippen molar-refractivity contribution in [1.29, 1.82) is 0 Å². The predicted molar refractivity (Wildman–Crippen MR) is 112 cm³/mol. The lowest BCUT2D eigenvalue weighted by molar-refractivity contribution is -0.147. The van der Waals surface area contributed by atoms with Crippen molar-refractivity contribution < 1.29 is 19.1 Å². The predicted octanol–water partition coefficient (Wildman–Crippen LogP) is 3.53. The number of benzene rings is 2. The van der Waals surface area contributed by atoms with Crippen LogP contribution < -0.4 is 10.1 Å². The highest BCUT2D eigenvalue weighted by Crippen LogP contribution is 2.24. The Kier molecular flexibility index (Phi) is 6.97. The van der Waals surface area contributed by atoms with Crippen LogP contribution in [-0.2, 0) is 27.3 Å². The SMILES string of the molecule is COc1ccc(CNC(=O)COC(=O)Cc2csc(-c3ccc(C)cc3)n2)cc1. The molecule has 0 saturated carbocycles. The molecular formula is C22H22N2O4S. The van der Waals surface area contributed by atoms with Crippen LogP contribution in [0.25, 0.3) is 10.6 Å². The molecule has 0 unspecified atom stereocenters. The van der Waals surface area contributed by atoms with Crippen LogP contribution in [0, 0.1) is 6.92 Å². The Morgan fingerprint density at radius 3 is 2.48 bits per heavy atom. The maximum Gasteiger partial charge on any atom is 0.312 e. The van der Waals surface area contributed by atoms with Crippen LogP contribution in [0.3, 0.4) is 0 Å². The molecule has 0 bridgehead atoms. The lowest BCUT2D eigenvalue weighted by Gasteiger charge is -2.07. The topological polar surface area (TPSA) is 77.5 Å². The highest BCUT2D eigenvalue weighted by molar-refractivity contribution is 7.13. The summed E-state index contributed by atoms with van der Waals surface area (Å²) in [4.78, 5) is 28.4. The van der Waals surface area contributed by atoms with Gasteiger partial charge in [0.15, 0.2) is 6.61 Å². The molecule has 29 heavy (non-hydrogen) atoms. The van der Waals surface area contributed by atoms with Gasteiger partial charge in [-0.2, -0.15) is 0 Å².